The molecule has 0 saturated carbocycles. The third-order valence-corrected chi connectivity index (χ3v) is 3.76. The van der Waals surface area contributed by atoms with E-state index in [1.807, 2.05) is 13.8 Å². The second-order valence-corrected chi connectivity index (χ2v) is 7.29. The molecule has 1 unspecified atom stereocenters. The lowest BCUT2D eigenvalue weighted by Crippen LogP contribution is -2.50. The van der Waals surface area contributed by atoms with Gasteiger partial charge < -0.3 is 5.32 Å². The van der Waals surface area contributed by atoms with Crippen molar-refractivity contribution < 1.29 is 8.42 Å². The van der Waals surface area contributed by atoms with Crippen molar-refractivity contribution in [3.05, 3.63) is 12.2 Å². The highest BCUT2D eigenvalue weighted by molar-refractivity contribution is 7.88. The Kier molecular flexibility index (Phi) is 5.16. The van der Waals surface area contributed by atoms with Gasteiger partial charge in [0.05, 0.1) is 6.26 Å². The van der Waals surface area contributed by atoms with Crippen molar-refractivity contribution in [2.75, 3.05) is 19.3 Å². The molecule has 1 aliphatic carbocycles. The summed E-state index contributed by atoms with van der Waals surface area (Å²) in [5.74, 6) is 0.689. The van der Waals surface area contributed by atoms with Crippen LogP contribution in [0.25, 0.3) is 0 Å². The molecule has 4 nitrogen and oxygen atoms in total. The summed E-state index contributed by atoms with van der Waals surface area (Å²) >= 11 is 0. The molecular weight excluding hydrogens is 236 g/mol. The fourth-order valence-corrected chi connectivity index (χ4v) is 3.24. The van der Waals surface area contributed by atoms with E-state index in [9.17, 15) is 8.42 Å². The van der Waals surface area contributed by atoms with Crippen LogP contribution in [0.2, 0.25) is 0 Å². The van der Waals surface area contributed by atoms with Crippen molar-refractivity contribution in [2.24, 2.45) is 5.92 Å². The van der Waals surface area contributed by atoms with Crippen molar-refractivity contribution in [1.29, 1.82) is 0 Å². The van der Waals surface area contributed by atoms with Crippen molar-refractivity contribution >= 4 is 10.0 Å². The molecule has 0 spiro atoms. The molecule has 0 bridgehead atoms. The molecule has 100 valence electrons. The van der Waals surface area contributed by atoms with Gasteiger partial charge in [-0.2, -0.15) is 0 Å². The van der Waals surface area contributed by atoms with Crippen LogP contribution in [0.5, 0.6) is 0 Å². The zero-order valence-corrected chi connectivity index (χ0v) is 11.8. The summed E-state index contributed by atoms with van der Waals surface area (Å²) in [7, 11) is -3.14. The van der Waals surface area contributed by atoms with E-state index < -0.39 is 15.6 Å². The lowest BCUT2D eigenvalue weighted by Gasteiger charge is -2.27. The lowest BCUT2D eigenvalue weighted by atomic mass is 9.94. The molecule has 0 aromatic carbocycles. The molecule has 1 aliphatic rings. The predicted octanol–water partition coefficient (Wildman–Crippen LogP) is 1.26. The maximum Gasteiger partial charge on any atom is 0.209 e. The Balaban J connectivity index is 2.27. The Hall–Kier alpha value is -0.390. The first kappa shape index (κ1) is 14.7. The topological polar surface area (TPSA) is 58.2 Å². The standard InChI is InChI=1S/C12H24N2O2S/c1-12(2,14-17(3,15)16)10-13-9-11-7-5-4-6-8-11/h4-5,11,13-14H,6-10H2,1-3H3. The molecule has 0 aliphatic heterocycles. The van der Waals surface area contributed by atoms with Crippen LogP contribution in [0.15, 0.2) is 12.2 Å². The van der Waals surface area contributed by atoms with Gasteiger partial charge in [0, 0.05) is 12.1 Å². The molecular formula is C12H24N2O2S. The van der Waals surface area contributed by atoms with E-state index in [0.29, 0.717) is 12.5 Å². The summed E-state index contributed by atoms with van der Waals surface area (Å²) < 4.78 is 25.0. The average molecular weight is 260 g/mol. The highest BCUT2D eigenvalue weighted by atomic mass is 32.2. The van der Waals surface area contributed by atoms with Crippen LogP contribution >= 0.6 is 0 Å². The van der Waals surface area contributed by atoms with E-state index in [0.717, 1.165) is 19.4 Å². The van der Waals surface area contributed by atoms with Crippen molar-refractivity contribution in [2.45, 2.75) is 38.6 Å². The second kappa shape index (κ2) is 5.98. The summed E-state index contributed by atoms with van der Waals surface area (Å²) in [5, 5.41) is 3.36. The van der Waals surface area contributed by atoms with Gasteiger partial charge in [-0.25, -0.2) is 13.1 Å². The summed E-state index contributed by atoms with van der Waals surface area (Å²) in [4.78, 5) is 0. The summed E-state index contributed by atoms with van der Waals surface area (Å²) in [6.45, 7) is 5.39. The minimum absolute atomic E-state index is 0.432. The fourth-order valence-electron chi connectivity index (χ4n) is 2.17. The van der Waals surface area contributed by atoms with Crippen LogP contribution in [-0.2, 0) is 10.0 Å². The van der Waals surface area contributed by atoms with Gasteiger partial charge in [0.1, 0.15) is 0 Å². The van der Waals surface area contributed by atoms with Crippen molar-refractivity contribution in [1.82, 2.24) is 10.0 Å². The molecule has 0 amide bonds. The Bertz CT molecular complexity index is 361. The summed E-state index contributed by atoms with van der Waals surface area (Å²) in [6, 6.07) is 0. The molecule has 1 atom stereocenters. The van der Waals surface area contributed by atoms with Gasteiger partial charge in [-0.05, 0) is 45.6 Å². The van der Waals surface area contributed by atoms with Gasteiger partial charge >= 0.3 is 0 Å². The van der Waals surface area contributed by atoms with Gasteiger partial charge in [0.15, 0.2) is 0 Å². The quantitative estimate of drug-likeness (QED) is 0.707. The first-order valence-electron chi connectivity index (χ1n) is 6.13. The van der Waals surface area contributed by atoms with Crippen LogP contribution in [0, 0.1) is 5.92 Å². The molecule has 0 aromatic rings. The number of hydrogen-bond acceptors (Lipinski definition) is 3. The maximum atomic E-state index is 11.2. The van der Waals surface area contributed by atoms with E-state index in [-0.39, 0.29) is 0 Å². The summed E-state index contributed by atoms with van der Waals surface area (Å²) in [6.07, 6.45) is 9.18. The zero-order chi connectivity index (χ0) is 12.9. The van der Waals surface area contributed by atoms with Crippen LogP contribution < -0.4 is 10.0 Å². The average Bonchev–Trinajstić information content (AvgIpc) is 2.15. The zero-order valence-electron chi connectivity index (χ0n) is 11.0. The highest BCUT2D eigenvalue weighted by Crippen LogP contribution is 2.17. The molecule has 5 heteroatoms. The molecule has 0 aromatic heterocycles. The second-order valence-electron chi connectivity index (χ2n) is 5.54. The van der Waals surface area contributed by atoms with Gasteiger partial charge in [-0.1, -0.05) is 12.2 Å². The van der Waals surface area contributed by atoms with Crippen molar-refractivity contribution in [3.8, 4) is 0 Å². The maximum absolute atomic E-state index is 11.2. The Labute approximate surface area is 105 Å². The monoisotopic (exact) mass is 260 g/mol. The third kappa shape index (κ3) is 6.81. The Morgan fingerprint density at radius 2 is 2.06 bits per heavy atom. The first-order chi connectivity index (χ1) is 7.79. The molecule has 0 fully saturated rings. The normalized spacial score (nSPS) is 21.7. The third-order valence-electron chi connectivity index (χ3n) is 2.84. The minimum atomic E-state index is -3.14. The molecule has 0 saturated heterocycles. The first-order valence-corrected chi connectivity index (χ1v) is 8.02. The van der Waals surface area contributed by atoms with Gasteiger partial charge in [-0.15, -0.1) is 0 Å². The van der Waals surface area contributed by atoms with Crippen molar-refractivity contribution in [3.63, 3.8) is 0 Å². The largest absolute Gasteiger partial charge is 0.315 e. The Morgan fingerprint density at radius 1 is 1.35 bits per heavy atom. The van der Waals surface area contributed by atoms with Crippen LogP contribution in [-0.4, -0.2) is 33.3 Å². The molecule has 17 heavy (non-hydrogen) atoms. The number of hydrogen-bond donors (Lipinski definition) is 2. The molecule has 2 N–H and O–H groups in total. The molecule has 1 rings (SSSR count). The predicted molar refractivity (Wildman–Crippen MR) is 71.4 cm³/mol. The van der Waals surface area contributed by atoms with Gasteiger partial charge in [0.25, 0.3) is 0 Å². The minimum Gasteiger partial charge on any atom is -0.315 e. The number of allylic oxidation sites excluding steroid dienone is 2. The number of nitrogens with one attached hydrogen (secondary N) is 2. The van der Waals surface area contributed by atoms with E-state index in [4.69, 9.17) is 0 Å². The number of rotatable bonds is 6. The number of sulfonamides is 1. The summed E-state index contributed by atoms with van der Waals surface area (Å²) in [5.41, 5.74) is -0.432. The highest BCUT2D eigenvalue weighted by Gasteiger charge is 2.22. The van der Waals surface area contributed by atoms with Gasteiger partial charge in [-0.3, -0.25) is 0 Å². The van der Waals surface area contributed by atoms with Crippen LogP contribution in [0.1, 0.15) is 33.1 Å². The molecule has 0 heterocycles. The Morgan fingerprint density at radius 3 is 2.59 bits per heavy atom. The van der Waals surface area contributed by atoms with E-state index in [1.165, 1.54) is 12.7 Å². The van der Waals surface area contributed by atoms with Crippen LogP contribution in [0.4, 0.5) is 0 Å². The SMILES string of the molecule is CC(C)(CNCC1CC=CCC1)NS(C)(=O)=O. The smallest absolute Gasteiger partial charge is 0.209 e. The lowest BCUT2D eigenvalue weighted by molar-refractivity contribution is 0.380. The van der Waals surface area contributed by atoms with E-state index in [1.54, 1.807) is 0 Å². The van der Waals surface area contributed by atoms with E-state index in [2.05, 4.69) is 22.2 Å². The van der Waals surface area contributed by atoms with Crippen LogP contribution in [0.3, 0.4) is 0 Å². The van der Waals surface area contributed by atoms with E-state index >= 15 is 0 Å². The fraction of sp³-hybridized carbons (Fsp3) is 0.833. The van der Waals surface area contributed by atoms with Gasteiger partial charge in [0.2, 0.25) is 10.0 Å². The molecule has 0 radical (unpaired) electrons.